The number of para-hydroxylation sites is 1. The molecule has 18 heavy (non-hydrogen) atoms. The molecule has 0 aliphatic carbocycles. The number of rotatable bonds is 2. The van der Waals surface area contributed by atoms with E-state index in [9.17, 15) is 4.79 Å². The van der Waals surface area contributed by atoms with Crippen LogP contribution in [0.2, 0.25) is 0 Å². The molecule has 90 valence electrons. The summed E-state index contributed by atoms with van der Waals surface area (Å²) >= 11 is 0. The number of carbonyl (C=O) groups is 1. The third kappa shape index (κ3) is 1.35. The van der Waals surface area contributed by atoms with Crippen molar-refractivity contribution in [2.45, 2.75) is 0 Å². The van der Waals surface area contributed by atoms with Crippen LogP contribution in [0, 0.1) is 0 Å². The summed E-state index contributed by atoms with van der Waals surface area (Å²) in [7, 11) is 1.62. The molecule has 0 fully saturated rings. The molecule has 4 nitrogen and oxygen atoms in total. The molecule has 3 N–H and O–H groups in total. The Labute approximate surface area is 103 Å². The number of H-pyrrole nitrogens is 1. The van der Waals surface area contributed by atoms with Crippen molar-refractivity contribution in [3.05, 3.63) is 42.0 Å². The van der Waals surface area contributed by atoms with E-state index < -0.39 is 5.91 Å². The molecule has 0 radical (unpaired) electrons. The van der Waals surface area contributed by atoms with Gasteiger partial charge in [-0.1, -0.05) is 18.2 Å². The smallest absolute Gasteiger partial charge is 0.249 e. The van der Waals surface area contributed by atoms with Crippen LogP contribution in [0.25, 0.3) is 21.8 Å². The largest absolute Gasteiger partial charge is 0.495 e. The Balaban J connectivity index is 2.53. The van der Waals surface area contributed by atoms with Crippen LogP contribution < -0.4 is 10.5 Å². The van der Waals surface area contributed by atoms with Gasteiger partial charge in [-0.25, -0.2) is 0 Å². The molecule has 0 aliphatic heterocycles. The Morgan fingerprint density at radius 3 is 2.72 bits per heavy atom. The lowest BCUT2D eigenvalue weighted by Crippen LogP contribution is -2.10. The van der Waals surface area contributed by atoms with E-state index in [0.717, 1.165) is 27.6 Å². The van der Waals surface area contributed by atoms with Gasteiger partial charge in [0.1, 0.15) is 5.75 Å². The molecule has 1 heterocycles. The minimum atomic E-state index is -0.427. The number of methoxy groups -OCH3 is 1. The quantitative estimate of drug-likeness (QED) is 0.722. The van der Waals surface area contributed by atoms with Crippen LogP contribution in [0.15, 0.2) is 36.4 Å². The standard InChI is InChI=1S/C14H12N2O2/c1-18-11-7-3-4-8-12-9(14(15)17)5-2-6-10(12)16-13(8)11/h2-7,16H,1H3,(H2,15,17). The molecule has 0 bridgehead atoms. The zero-order valence-corrected chi connectivity index (χ0v) is 9.86. The van der Waals surface area contributed by atoms with Crippen LogP contribution in [-0.4, -0.2) is 18.0 Å². The summed E-state index contributed by atoms with van der Waals surface area (Å²) in [6, 6.07) is 11.2. The Hall–Kier alpha value is -2.49. The Bertz CT molecular complexity index is 759. The molecule has 0 saturated carbocycles. The first-order valence-corrected chi connectivity index (χ1v) is 5.59. The van der Waals surface area contributed by atoms with Gasteiger partial charge in [-0.15, -0.1) is 0 Å². The van der Waals surface area contributed by atoms with Crippen LogP contribution in [0.1, 0.15) is 10.4 Å². The fraction of sp³-hybridized carbons (Fsp3) is 0.0714. The third-order valence-corrected chi connectivity index (χ3v) is 3.11. The summed E-state index contributed by atoms with van der Waals surface area (Å²) in [6.45, 7) is 0. The van der Waals surface area contributed by atoms with E-state index in [-0.39, 0.29) is 0 Å². The van der Waals surface area contributed by atoms with Crippen LogP contribution in [0.4, 0.5) is 0 Å². The molecule has 3 rings (SSSR count). The molecule has 4 heteroatoms. The second-order valence-electron chi connectivity index (χ2n) is 4.10. The van der Waals surface area contributed by atoms with E-state index in [0.29, 0.717) is 5.56 Å². The molecule has 1 amide bonds. The van der Waals surface area contributed by atoms with Crippen LogP contribution in [0.3, 0.4) is 0 Å². The van der Waals surface area contributed by atoms with Gasteiger partial charge in [-0.2, -0.15) is 0 Å². The summed E-state index contributed by atoms with van der Waals surface area (Å²) in [5.74, 6) is 0.323. The van der Waals surface area contributed by atoms with E-state index in [2.05, 4.69) is 4.98 Å². The number of ether oxygens (including phenoxy) is 1. The van der Waals surface area contributed by atoms with E-state index in [1.807, 2.05) is 30.3 Å². The SMILES string of the molecule is COc1cccc2c1[nH]c1cccc(C(N)=O)c12. The van der Waals surface area contributed by atoms with Crippen molar-refractivity contribution in [2.24, 2.45) is 5.73 Å². The number of benzene rings is 2. The number of nitrogens with two attached hydrogens (primary N) is 1. The average Bonchev–Trinajstić information content (AvgIpc) is 2.76. The van der Waals surface area contributed by atoms with E-state index in [1.54, 1.807) is 13.2 Å². The van der Waals surface area contributed by atoms with Crippen molar-refractivity contribution in [3.8, 4) is 5.75 Å². The van der Waals surface area contributed by atoms with Crippen molar-refractivity contribution in [1.29, 1.82) is 0 Å². The minimum absolute atomic E-state index is 0.427. The second kappa shape index (κ2) is 3.77. The molecule has 3 aromatic rings. The fourth-order valence-corrected chi connectivity index (χ4v) is 2.33. The molecular formula is C14H12N2O2. The van der Waals surface area contributed by atoms with Crippen LogP contribution in [0.5, 0.6) is 5.75 Å². The summed E-state index contributed by atoms with van der Waals surface area (Å²) in [5, 5.41) is 1.79. The summed E-state index contributed by atoms with van der Waals surface area (Å²) in [6.07, 6.45) is 0. The number of amides is 1. The maximum absolute atomic E-state index is 11.5. The zero-order chi connectivity index (χ0) is 12.7. The molecule has 0 atom stereocenters. The van der Waals surface area contributed by atoms with Crippen molar-refractivity contribution < 1.29 is 9.53 Å². The Morgan fingerprint density at radius 2 is 2.00 bits per heavy atom. The molecule has 0 spiro atoms. The highest BCUT2D eigenvalue weighted by Crippen LogP contribution is 2.33. The molecule has 2 aromatic carbocycles. The number of aromatic nitrogens is 1. The summed E-state index contributed by atoms with van der Waals surface area (Å²) in [4.78, 5) is 14.7. The van der Waals surface area contributed by atoms with Gasteiger partial charge in [0.2, 0.25) is 5.91 Å². The highest BCUT2D eigenvalue weighted by atomic mass is 16.5. The minimum Gasteiger partial charge on any atom is -0.495 e. The van der Waals surface area contributed by atoms with Crippen LogP contribution >= 0.6 is 0 Å². The first kappa shape index (κ1) is 10.7. The number of hydrogen-bond donors (Lipinski definition) is 2. The zero-order valence-electron chi connectivity index (χ0n) is 9.86. The molecule has 0 saturated heterocycles. The van der Waals surface area contributed by atoms with E-state index >= 15 is 0 Å². The Morgan fingerprint density at radius 1 is 1.22 bits per heavy atom. The van der Waals surface area contributed by atoms with Gasteiger partial charge in [-0.05, 0) is 18.2 Å². The lowest BCUT2D eigenvalue weighted by molar-refractivity contribution is 0.100. The summed E-state index contributed by atoms with van der Waals surface area (Å²) < 4.78 is 5.31. The van der Waals surface area contributed by atoms with E-state index in [4.69, 9.17) is 10.5 Å². The highest BCUT2D eigenvalue weighted by Gasteiger charge is 2.13. The number of nitrogens with one attached hydrogen (secondary N) is 1. The van der Waals surface area contributed by atoms with Gasteiger partial charge in [0, 0.05) is 21.9 Å². The van der Waals surface area contributed by atoms with Crippen molar-refractivity contribution >= 4 is 27.7 Å². The van der Waals surface area contributed by atoms with E-state index in [1.165, 1.54) is 0 Å². The van der Waals surface area contributed by atoms with Gasteiger partial charge >= 0.3 is 0 Å². The topological polar surface area (TPSA) is 68.1 Å². The van der Waals surface area contributed by atoms with Crippen molar-refractivity contribution in [1.82, 2.24) is 4.98 Å². The maximum Gasteiger partial charge on any atom is 0.249 e. The van der Waals surface area contributed by atoms with Crippen molar-refractivity contribution in [3.63, 3.8) is 0 Å². The number of carbonyl (C=O) groups excluding carboxylic acids is 1. The predicted molar refractivity (Wildman–Crippen MR) is 70.9 cm³/mol. The van der Waals surface area contributed by atoms with Gasteiger partial charge in [0.25, 0.3) is 0 Å². The average molecular weight is 240 g/mol. The number of fused-ring (bicyclic) bond motifs is 3. The fourth-order valence-electron chi connectivity index (χ4n) is 2.33. The molecule has 0 aliphatic rings. The monoisotopic (exact) mass is 240 g/mol. The molecule has 0 unspecified atom stereocenters. The number of primary amides is 1. The normalized spacial score (nSPS) is 10.9. The van der Waals surface area contributed by atoms with Gasteiger partial charge in [-0.3, -0.25) is 4.79 Å². The highest BCUT2D eigenvalue weighted by molar-refractivity contribution is 6.18. The lowest BCUT2D eigenvalue weighted by Gasteiger charge is -2.01. The van der Waals surface area contributed by atoms with Gasteiger partial charge in [0.05, 0.1) is 12.6 Å². The second-order valence-corrected chi connectivity index (χ2v) is 4.10. The number of hydrogen-bond acceptors (Lipinski definition) is 2. The first-order chi connectivity index (χ1) is 8.72. The predicted octanol–water partition coefficient (Wildman–Crippen LogP) is 2.43. The molecule has 1 aromatic heterocycles. The van der Waals surface area contributed by atoms with Crippen LogP contribution in [-0.2, 0) is 0 Å². The first-order valence-electron chi connectivity index (χ1n) is 5.59. The third-order valence-electron chi connectivity index (χ3n) is 3.11. The lowest BCUT2D eigenvalue weighted by atomic mass is 10.1. The summed E-state index contributed by atoms with van der Waals surface area (Å²) in [5.41, 5.74) is 7.70. The van der Waals surface area contributed by atoms with Gasteiger partial charge < -0.3 is 15.5 Å². The Kier molecular flexibility index (Phi) is 2.23. The van der Waals surface area contributed by atoms with Crippen molar-refractivity contribution in [2.75, 3.05) is 7.11 Å². The molecular weight excluding hydrogens is 228 g/mol. The number of aromatic amines is 1. The van der Waals surface area contributed by atoms with Gasteiger partial charge in [0.15, 0.2) is 0 Å². The maximum atomic E-state index is 11.5.